The van der Waals surface area contributed by atoms with Crippen molar-refractivity contribution in [3.63, 3.8) is 0 Å². The summed E-state index contributed by atoms with van der Waals surface area (Å²) in [4.78, 5) is 16.6. The van der Waals surface area contributed by atoms with Crippen LogP contribution in [0, 0.1) is 12.7 Å². The zero-order valence-electron chi connectivity index (χ0n) is 16.5. The largest absolute Gasteiger partial charge is 0.494 e. The third kappa shape index (κ3) is 4.18. The van der Waals surface area contributed by atoms with Crippen LogP contribution in [-0.4, -0.2) is 29.3 Å². The number of hydrogen-bond acceptors (Lipinski definition) is 4. The molecular weight excluding hydrogens is 397 g/mol. The Labute approximate surface area is 173 Å². The molecule has 0 radical (unpaired) electrons. The van der Waals surface area contributed by atoms with Gasteiger partial charge >= 0.3 is 5.97 Å². The number of hydrogen-bond donors (Lipinski definition) is 1. The maximum absolute atomic E-state index is 14.5. The number of halogens is 2. The molecule has 1 atom stereocenters. The Bertz CT molecular complexity index is 1080. The van der Waals surface area contributed by atoms with Crippen LogP contribution in [0.4, 0.5) is 4.39 Å². The van der Waals surface area contributed by atoms with E-state index in [1.807, 2.05) is 0 Å². The quantitative estimate of drug-likeness (QED) is 0.568. The van der Waals surface area contributed by atoms with Gasteiger partial charge in [0.2, 0.25) is 0 Å². The molecule has 0 saturated carbocycles. The van der Waals surface area contributed by atoms with Gasteiger partial charge in [-0.1, -0.05) is 17.7 Å². The molecular formula is C22H21ClFNO4. The SMILES string of the molecule is COc1ccc(-c2c(C(OC(C)C)C(=O)O)c(C)nc3ccc(Cl)cc23)cc1F. The van der Waals surface area contributed by atoms with Crippen molar-refractivity contribution in [2.24, 2.45) is 0 Å². The van der Waals surface area contributed by atoms with Crippen molar-refractivity contribution in [2.45, 2.75) is 33.0 Å². The average Bonchev–Trinajstić information content (AvgIpc) is 2.65. The predicted octanol–water partition coefficient (Wildman–Crippen LogP) is 5.56. The van der Waals surface area contributed by atoms with E-state index in [-0.39, 0.29) is 11.9 Å². The zero-order valence-corrected chi connectivity index (χ0v) is 17.2. The average molecular weight is 418 g/mol. The zero-order chi connectivity index (χ0) is 21.3. The predicted molar refractivity (Wildman–Crippen MR) is 110 cm³/mol. The molecule has 0 spiro atoms. The summed E-state index contributed by atoms with van der Waals surface area (Å²) in [7, 11) is 1.38. The summed E-state index contributed by atoms with van der Waals surface area (Å²) in [5, 5.41) is 10.9. The van der Waals surface area contributed by atoms with E-state index in [0.29, 0.717) is 38.3 Å². The van der Waals surface area contributed by atoms with Crippen LogP contribution in [0.25, 0.3) is 22.0 Å². The normalized spacial score (nSPS) is 12.4. The summed E-state index contributed by atoms with van der Waals surface area (Å²) >= 11 is 6.21. The standard InChI is InChI=1S/C22H21ClFNO4/c1-11(2)29-21(22(26)27)19-12(3)25-17-7-6-14(23)10-15(17)20(19)13-5-8-18(28-4)16(24)9-13/h5-11,21H,1-4H3,(H,26,27). The van der Waals surface area contributed by atoms with Gasteiger partial charge in [0.15, 0.2) is 17.7 Å². The van der Waals surface area contributed by atoms with Gasteiger partial charge in [-0.2, -0.15) is 0 Å². The first-order chi connectivity index (χ1) is 13.7. The highest BCUT2D eigenvalue weighted by molar-refractivity contribution is 6.31. The van der Waals surface area contributed by atoms with Crippen LogP contribution in [0.2, 0.25) is 5.02 Å². The molecule has 0 bridgehead atoms. The third-order valence-electron chi connectivity index (χ3n) is 4.51. The minimum absolute atomic E-state index is 0.0941. The van der Waals surface area contributed by atoms with Crippen molar-refractivity contribution in [1.29, 1.82) is 0 Å². The van der Waals surface area contributed by atoms with Gasteiger partial charge in [0, 0.05) is 21.7 Å². The second kappa shape index (κ2) is 8.35. The maximum Gasteiger partial charge on any atom is 0.337 e. The Morgan fingerprint density at radius 2 is 1.93 bits per heavy atom. The molecule has 0 aliphatic heterocycles. The number of rotatable bonds is 6. The highest BCUT2D eigenvalue weighted by Crippen LogP contribution is 2.40. The Morgan fingerprint density at radius 3 is 2.52 bits per heavy atom. The summed E-state index contributed by atoms with van der Waals surface area (Å²) in [6.45, 7) is 5.22. The van der Waals surface area contributed by atoms with Crippen LogP contribution in [0.1, 0.15) is 31.2 Å². The molecule has 0 amide bonds. The second-order valence-corrected chi connectivity index (χ2v) is 7.34. The number of benzene rings is 2. The highest BCUT2D eigenvalue weighted by atomic mass is 35.5. The minimum atomic E-state index is -1.27. The molecule has 29 heavy (non-hydrogen) atoms. The lowest BCUT2D eigenvalue weighted by molar-refractivity contribution is -0.153. The van der Waals surface area contributed by atoms with Crippen LogP contribution in [0.15, 0.2) is 36.4 Å². The van der Waals surface area contributed by atoms with Crippen molar-refractivity contribution in [3.05, 3.63) is 58.5 Å². The van der Waals surface area contributed by atoms with Gasteiger partial charge in [-0.05, 0) is 62.2 Å². The van der Waals surface area contributed by atoms with E-state index in [1.54, 1.807) is 45.0 Å². The summed E-state index contributed by atoms with van der Waals surface area (Å²) in [5.74, 6) is -1.62. The molecule has 3 aromatic rings. The van der Waals surface area contributed by atoms with Crippen molar-refractivity contribution >= 4 is 28.5 Å². The van der Waals surface area contributed by atoms with Crippen LogP contribution in [0.3, 0.4) is 0 Å². The monoisotopic (exact) mass is 417 g/mol. The molecule has 1 heterocycles. The van der Waals surface area contributed by atoms with E-state index < -0.39 is 17.9 Å². The fraction of sp³-hybridized carbons (Fsp3) is 0.273. The highest BCUT2D eigenvalue weighted by Gasteiger charge is 2.29. The number of methoxy groups -OCH3 is 1. The molecule has 152 valence electrons. The van der Waals surface area contributed by atoms with Crippen molar-refractivity contribution in [3.8, 4) is 16.9 Å². The Kier molecular flexibility index (Phi) is 6.05. The Morgan fingerprint density at radius 1 is 1.21 bits per heavy atom. The lowest BCUT2D eigenvalue weighted by Gasteiger charge is -2.23. The lowest BCUT2D eigenvalue weighted by Crippen LogP contribution is -2.21. The van der Waals surface area contributed by atoms with Gasteiger partial charge in [0.25, 0.3) is 0 Å². The maximum atomic E-state index is 14.5. The van der Waals surface area contributed by atoms with Crippen LogP contribution in [0.5, 0.6) is 5.75 Å². The first-order valence-electron chi connectivity index (χ1n) is 9.04. The van der Waals surface area contributed by atoms with Gasteiger partial charge < -0.3 is 14.6 Å². The van der Waals surface area contributed by atoms with Gasteiger partial charge in [-0.3, -0.25) is 4.98 Å². The van der Waals surface area contributed by atoms with E-state index in [1.165, 1.54) is 19.2 Å². The number of ether oxygens (including phenoxy) is 2. The molecule has 1 N–H and O–H groups in total. The first-order valence-corrected chi connectivity index (χ1v) is 9.42. The van der Waals surface area contributed by atoms with Crippen LogP contribution in [-0.2, 0) is 9.53 Å². The van der Waals surface area contributed by atoms with Crippen LogP contribution >= 0.6 is 11.6 Å². The molecule has 5 nitrogen and oxygen atoms in total. The third-order valence-corrected chi connectivity index (χ3v) is 4.75. The molecule has 1 aromatic heterocycles. The van der Waals surface area contributed by atoms with Gasteiger partial charge in [-0.25, -0.2) is 9.18 Å². The molecule has 0 fully saturated rings. The number of carboxylic acid groups (broad SMARTS) is 1. The smallest absolute Gasteiger partial charge is 0.337 e. The van der Waals surface area contributed by atoms with Gasteiger partial charge in [0.05, 0.1) is 18.7 Å². The number of aromatic nitrogens is 1. The van der Waals surface area contributed by atoms with Crippen molar-refractivity contribution in [2.75, 3.05) is 7.11 Å². The van der Waals surface area contributed by atoms with E-state index >= 15 is 0 Å². The molecule has 7 heteroatoms. The van der Waals surface area contributed by atoms with Gasteiger partial charge in [-0.15, -0.1) is 0 Å². The summed E-state index contributed by atoms with van der Waals surface area (Å²) in [6.07, 6.45) is -1.61. The molecule has 2 aromatic carbocycles. The number of aryl methyl sites for hydroxylation is 1. The second-order valence-electron chi connectivity index (χ2n) is 6.90. The number of carbonyl (C=O) groups is 1. The number of aliphatic carboxylic acids is 1. The first kappa shape index (κ1) is 21.0. The molecule has 0 aliphatic rings. The van der Waals surface area contributed by atoms with Gasteiger partial charge in [0.1, 0.15) is 0 Å². The summed E-state index contributed by atoms with van der Waals surface area (Å²) < 4.78 is 25.2. The topological polar surface area (TPSA) is 68.7 Å². The Hall–Kier alpha value is -2.70. The Balaban J connectivity index is 2.41. The lowest BCUT2D eigenvalue weighted by atomic mass is 9.91. The van der Waals surface area contributed by atoms with E-state index in [0.717, 1.165) is 0 Å². The van der Waals surface area contributed by atoms with E-state index in [4.69, 9.17) is 21.1 Å². The molecule has 0 saturated heterocycles. The fourth-order valence-electron chi connectivity index (χ4n) is 3.35. The minimum Gasteiger partial charge on any atom is -0.494 e. The molecule has 3 rings (SSSR count). The molecule has 1 unspecified atom stereocenters. The summed E-state index contributed by atoms with van der Waals surface area (Å²) in [5.41, 5.74) is 2.47. The van der Waals surface area contributed by atoms with Crippen LogP contribution < -0.4 is 4.74 Å². The number of pyridine rings is 1. The summed E-state index contributed by atoms with van der Waals surface area (Å²) in [6, 6.07) is 9.63. The van der Waals surface area contributed by atoms with Crippen molar-refractivity contribution < 1.29 is 23.8 Å². The van der Waals surface area contributed by atoms with E-state index in [2.05, 4.69) is 4.98 Å². The number of nitrogens with zero attached hydrogens (tertiary/aromatic N) is 1. The molecule has 0 aliphatic carbocycles. The van der Waals surface area contributed by atoms with Crippen molar-refractivity contribution in [1.82, 2.24) is 4.98 Å². The van der Waals surface area contributed by atoms with E-state index in [9.17, 15) is 14.3 Å². The fourth-order valence-corrected chi connectivity index (χ4v) is 3.52. The number of carboxylic acids is 1. The number of fused-ring (bicyclic) bond motifs is 1.